The van der Waals surface area contributed by atoms with Crippen LogP contribution in [0.1, 0.15) is 10.4 Å². The van der Waals surface area contributed by atoms with Gasteiger partial charge in [0.1, 0.15) is 4.90 Å². The lowest BCUT2D eigenvalue weighted by atomic mass is 10.2. The lowest BCUT2D eigenvalue weighted by molar-refractivity contribution is 0.102. The van der Waals surface area contributed by atoms with Gasteiger partial charge in [-0.05, 0) is 30.3 Å². The van der Waals surface area contributed by atoms with Gasteiger partial charge in [-0.25, -0.2) is 25.4 Å². The number of nitrogens with zero attached hydrogens (tertiary/aromatic N) is 2. The van der Waals surface area contributed by atoms with Gasteiger partial charge in [0.15, 0.2) is 0 Å². The molecule has 0 saturated heterocycles. The highest BCUT2D eigenvalue weighted by molar-refractivity contribution is 7.89. The first-order chi connectivity index (χ1) is 12.5. The van der Waals surface area contributed by atoms with Gasteiger partial charge in [-0.1, -0.05) is 18.2 Å². The number of anilines is 1. The van der Waals surface area contributed by atoms with Crippen LogP contribution in [0.15, 0.2) is 58.3 Å². The Morgan fingerprint density at radius 2 is 1.41 bits per heavy atom. The SMILES string of the molecule is CN(C)S(=O)(=O)c1cccc(C(=O)Nc2ccccc2S(=O)(=O)N(C)C)c1. The van der Waals surface area contributed by atoms with Crippen LogP contribution < -0.4 is 5.32 Å². The number of rotatable bonds is 6. The van der Waals surface area contributed by atoms with Crippen molar-refractivity contribution >= 4 is 31.6 Å². The first kappa shape index (κ1) is 21.0. The zero-order valence-electron chi connectivity index (χ0n) is 15.4. The molecule has 146 valence electrons. The fraction of sp³-hybridized carbons (Fsp3) is 0.235. The van der Waals surface area contributed by atoms with Crippen LogP contribution in [0.2, 0.25) is 0 Å². The molecule has 0 spiro atoms. The summed E-state index contributed by atoms with van der Waals surface area (Å²) >= 11 is 0. The van der Waals surface area contributed by atoms with Crippen molar-refractivity contribution in [2.75, 3.05) is 33.5 Å². The topological polar surface area (TPSA) is 104 Å². The molecular formula is C17H21N3O5S2. The normalized spacial score (nSPS) is 12.4. The molecule has 2 aromatic carbocycles. The van der Waals surface area contributed by atoms with Crippen LogP contribution in [0, 0.1) is 0 Å². The van der Waals surface area contributed by atoms with Crippen molar-refractivity contribution in [3.63, 3.8) is 0 Å². The van der Waals surface area contributed by atoms with Gasteiger partial charge in [0, 0.05) is 33.8 Å². The second-order valence-electron chi connectivity index (χ2n) is 6.05. The van der Waals surface area contributed by atoms with Gasteiger partial charge in [-0.2, -0.15) is 0 Å². The predicted octanol–water partition coefficient (Wildman–Crippen LogP) is 1.44. The van der Waals surface area contributed by atoms with Crippen molar-refractivity contribution in [2.24, 2.45) is 0 Å². The van der Waals surface area contributed by atoms with E-state index in [-0.39, 0.29) is 21.0 Å². The average molecular weight is 412 g/mol. The molecule has 8 nitrogen and oxygen atoms in total. The third-order valence-electron chi connectivity index (χ3n) is 3.77. The van der Waals surface area contributed by atoms with E-state index in [0.717, 1.165) is 8.61 Å². The Morgan fingerprint density at radius 3 is 2.00 bits per heavy atom. The van der Waals surface area contributed by atoms with E-state index >= 15 is 0 Å². The predicted molar refractivity (Wildman–Crippen MR) is 103 cm³/mol. The van der Waals surface area contributed by atoms with Gasteiger partial charge >= 0.3 is 0 Å². The Balaban J connectivity index is 2.41. The summed E-state index contributed by atoms with van der Waals surface area (Å²) in [6.07, 6.45) is 0. The molecule has 0 aliphatic rings. The minimum absolute atomic E-state index is 0.0330. The van der Waals surface area contributed by atoms with Crippen LogP contribution >= 0.6 is 0 Å². The van der Waals surface area contributed by atoms with Crippen molar-refractivity contribution in [3.05, 3.63) is 54.1 Å². The maximum atomic E-state index is 12.6. The maximum Gasteiger partial charge on any atom is 0.255 e. The second-order valence-corrected chi connectivity index (χ2v) is 10.3. The van der Waals surface area contributed by atoms with Gasteiger partial charge in [0.05, 0.1) is 10.6 Å². The molecule has 27 heavy (non-hydrogen) atoms. The van der Waals surface area contributed by atoms with Crippen LogP contribution in [0.25, 0.3) is 0 Å². The molecule has 1 N–H and O–H groups in total. The molecule has 0 bridgehead atoms. The third-order valence-corrected chi connectivity index (χ3v) is 7.45. The highest BCUT2D eigenvalue weighted by atomic mass is 32.2. The summed E-state index contributed by atoms with van der Waals surface area (Å²) in [5, 5.41) is 2.54. The van der Waals surface area contributed by atoms with Crippen molar-refractivity contribution < 1.29 is 21.6 Å². The molecular weight excluding hydrogens is 390 g/mol. The second kappa shape index (κ2) is 7.77. The van der Waals surface area contributed by atoms with Crippen LogP contribution in [-0.2, 0) is 20.0 Å². The van der Waals surface area contributed by atoms with Gasteiger partial charge in [-0.3, -0.25) is 4.79 Å². The lowest BCUT2D eigenvalue weighted by Gasteiger charge is -2.16. The summed E-state index contributed by atoms with van der Waals surface area (Å²) in [6.45, 7) is 0. The summed E-state index contributed by atoms with van der Waals surface area (Å²) in [5.74, 6) is -0.618. The smallest absolute Gasteiger partial charge is 0.255 e. The number of benzene rings is 2. The molecule has 10 heteroatoms. The number of amides is 1. The number of hydrogen-bond donors (Lipinski definition) is 1. The van der Waals surface area contributed by atoms with E-state index in [1.165, 1.54) is 64.6 Å². The van der Waals surface area contributed by atoms with E-state index in [1.807, 2.05) is 0 Å². The largest absolute Gasteiger partial charge is 0.321 e. The zero-order valence-corrected chi connectivity index (χ0v) is 17.0. The van der Waals surface area contributed by atoms with Crippen molar-refractivity contribution in [1.82, 2.24) is 8.61 Å². The quantitative estimate of drug-likeness (QED) is 0.775. The molecule has 0 unspecified atom stereocenters. The summed E-state index contributed by atoms with van der Waals surface area (Å²) < 4.78 is 51.4. The highest BCUT2D eigenvalue weighted by Gasteiger charge is 2.23. The van der Waals surface area contributed by atoms with E-state index in [4.69, 9.17) is 0 Å². The van der Waals surface area contributed by atoms with Crippen LogP contribution in [0.5, 0.6) is 0 Å². The Bertz CT molecular complexity index is 1060. The van der Waals surface area contributed by atoms with Crippen LogP contribution in [0.3, 0.4) is 0 Å². The Labute approximate surface area is 159 Å². The lowest BCUT2D eigenvalue weighted by Crippen LogP contribution is -2.24. The molecule has 0 radical (unpaired) electrons. The van der Waals surface area contributed by atoms with E-state index in [9.17, 15) is 21.6 Å². The summed E-state index contributed by atoms with van der Waals surface area (Å²) in [4.78, 5) is 12.5. The highest BCUT2D eigenvalue weighted by Crippen LogP contribution is 2.24. The van der Waals surface area contributed by atoms with E-state index < -0.39 is 26.0 Å². The molecule has 2 rings (SSSR count). The summed E-state index contributed by atoms with van der Waals surface area (Å²) in [7, 11) is -1.89. The molecule has 0 aromatic heterocycles. The average Bonchev–Trinajstić information content (AvgIpc) is 2.61. The fourth-order valence-electron chi connectivity index (χ4n) is 2.19. The van der Waals surface area contributed by atoms with Gasteiger partial charge in [-0.15, -0.1) is 0 Å². The third kappa shape index (κ3) is 4.35. The Hall–Kier alpha value is -2.27. The van der Waals surface area contributed by atoms with E-state index in [2.05, 4.69) is 5.32 Å². The molecule has 0 aliphatic heterocycles. The summed E-state index contributed by atoms with van der Waals surface area (Å²) in [5.41, 5.74) is 0.201. The molecule has 0 saturated carbocycles. The molecule has 0 aliphatic carbocycles. The molecule has 1 amide bonds. The minimum atomic E-state index is -3.76. The standard InChI is InChI=1S/C17H21N3O5S2/c1-19(2)26(22,23)14-9-7-8-13(12-14)17(21)18-15-10-5-6-11-16(15)27(24,25)20(3)4/h5-12H,1-4H3,(H,18,21). The first-order valence-corrected chi connectivity index (χ1v) is 10.7. The van der Waals surface area contributed by atoms with Crippen molar-refractivity contribution in [1.29, 1.82) is 0 Å². The fourth-order valence-corrected chi connectivity index (χ4v) is 4.18. The van der Waals surface area contributed by atoms with Gasteiger partial charge in [0.25, 0.3) is 5.91 Å². The van der Waals surface area contributed by atoms with Gasteiger partial charge < -0.3 is 5.32 Å². The van der Waals surface area contributed by atoms with E-state index in [0.29, 0.717) is 0 Å². The van der Waals surface area contributed by atoms with Crippen molar-refractivity contribution in [2.45, 2.75) is 9.79 Å². The number of nitrogens with one attached hydrogen (secondary N) is 1. The number of carbonyl (C=O) groups is 1. The number of para-hydroxylation sites is 1. The molecule has 0 atom stereocenters. The van der Waals surface area contributed by atoms with Crippen LogP contribution in [0.4, 0.5) is 5.69 Å². The van der Waals surface area contributed by atoms with Crippen molar-refractivity contribution in [3.8, 4) is 0 Å². The van der Waals surface area contributed by atoms with Crippen LogP contribution in [-0.4, -0.2) is 59.5 Å². The molecule has 2 aromatic rings. The number of carbonyl (C=O) groups excluding carboxylic acids is 1. The van der Waals surface area contributed by atoms with E-state index in [1.54, 1.807) is 12.1 Å². The molecule has 0 heterocycles. The Morgan fingerprint density at radius 1 is 0.815 bits per heavy atom. The maximum absolute atomic E-state index is 12.6. The Kier molecular flexibility index (Phi) is 6.05. The number of hydrogen-bond acceptors (Lipinski definition) is 5. The monoisotopic (exact) mass is 411 g/mol. The first-order valence-electron chi connectivity index (χ1n) is 7.83. The number of sulfonamides is 2. The summed E-state index contributed by atoms with van der Waals surface area (Å²) in [6, 6.07) is 11.5. The molecule has 0 fully saturated rings. The van der Waals surface area contributed by atoms with Gasteiger partial charge in [0.2, 0.25) is 20.0 Å². The zero-order chi connectivity index (χ0) is 20.4. The minimum Gasteiger partial charge on any atom is -0.321 e.